The Hall–Kier alpha value is -0.0800. The first-order valence-corrected chi connectivity index (χ1v) is 8.22. The summed E-state index contributed by atoms with van der Waals surface area (Å²) in [5, 5.41) is 3.79. The Morgan fingerprint density at radius 2 is 1.89 bits per heavy atom. The van der Waals surface area contributed by atoms with Gasteiger partial charge in [0.2, 0.25) is 0 Å². The minimum Gasteiger partial charge on any atom is -0.312 e. The molecule has 0 aromatic carbocycles. The summed E-state index contributed by atoms with van der Waals surface area (Å²) in [6, 6.07) is 1.63. The molecule has 1 N–H and O–H groups in total. The van der Waals surface area contributed by atoms with Gasteiger partial charge in [0.05, 0.1) is 0 Å². The predicted molar refractivity (Wildman–Crippen MR) is 78.9 cm³/mol. The van der Waals surface area contributed by atoms with E-state index in [4.69, 9.17) is 0 Å². The van der Waals surface area contributed by atoms with Crippen LogP contribution in [0.3, 0.4) is 0 Å². The second kappa shape index (κ2) is 6.91. The van der Waals surface area contributed by atoms with Crippen molar-refractivity contribution in [2.24, 2.45) is 11.8 Å². The third-order valence-electron chi connectivity index (χ3n) is 4.67. The highest BCUT2D eigenvalue weighted by atomic mass is 15.2. The van der Waals surface area contributed by atoms with Crippen molar-refractivity contribution in [3.05, 3.63) is 0 Å². The minimum absolute atomic E-state index is 0.703. The van der Waals surface area contributed by atoms with E-state index < -0.39 is 0 Å². The second-order valence-corrected chi connectivity index (χ2v) is 6.57. The fourth-order valence-electron chi connectivity index (χ4n) is 2.76. The summed E-state index contributed by atoms with van der Waals surface area (Å²) in [5.74, 6) is 1.84. The van der Waals surface area contributed by atoms with Crippen molar-refractivity contribution in [2.45, 2.75) is 71.4 Å². The molecular formula is C16H32N2. The van der Waals surface area contributed by atoms with Gasteiger partial charge in [-0.3, -0.25) is 4.90 Å². The molecule has 2 nitrogen and oxygen atoms in total. The number of nitrogens with zero attached hydrogens (tertiary/aromatic N) is 1. The van der Waals surface area contributed by atoms with Crippen LogP contribution < -0.4 is 5.32 Å². The van der Waals surface area contributed by atoms with Crippen LogP contribution in [0.4, 0.5) is 0 Å². The Balaban J connectivity index is 1.82. The monoisotopic (exact) mass is 252 g/mol. The molecule has 2 atom stereocenters. The van der Waals surface area contributed by atoms with Crippen LogP contribution >= 0.6 is 0 Å². The van der Waals surface area contributed by atoms with E-state index in [-0.39, 0.29) is 0 Å². The van der Waals surface area contributed by atoms with Crippen LogP contribution in [0.1, 0.15) is 59.3 Å². The highest BCUT2D eigenvalue weighted by Crippen LogP contribution is 2.35. The SMILES string of the molecule is CCCNC(CN(CC1CC1)C1CC1)C(C)CC. The van der Waals surface area contributed by atoms with Gasteiger partial charge in [-0.2, -0.15) is 0 Å². The molecule has 0 aliphatic heterocycles. The molecule has 106 valence electrons. The van der Waals surface area contributed by atoms with Crippen molar-refractivity contribution in [2.75, 3.05) is 19.6 Å². The highest BCUT2D eigenvalue weighted by Gasteiger charge is 2.35. The van der Waals surface area contributed by atoms with Crippen molar-refractivity contribution in [3.63, 3.8) is 0 Å². The Bertz CT molecular complexity index is 233. The van der Waals surface area contributed by atoms with Crippen LogP contribution in [0, 0.1) is 11.8 Å². The fraction of sp³-hybridized carbons (Fsp3) is 1.00. The summed E-state index contributed by atoms with van der Waals surface area (Å²) in [4.78, 5) is 2.80. The zero-order valence-corrected chi connectivity index (χ0v) is 12.6. The van der Waals surface area contributed by atoms with Crippen LogP contribution in [0.2, 0.25) is 0 Å². The normalized spacial score (nSPS) is 23.3. The van der Waals surface area contributed by atoms with Gasteiger partial charge in [0.1, 0.15) is 0 Å². The quantitative estimate of drug-likeness (QED) is 0.642. The van der Waals surface area contributed by atoms with E-state index in [0.717, 1.165) is 17.9 Å². The molecule has 2 fully saturated rings. The van der Waals surface area contributed by atoms with Crippen LogP contribution in [0.15, 0.2) is 0 Å². The summed E-state index contributed by atoms with van der Waals surface area (Å²) >= 11 is 0. The topological polar surface area (TPSA) is 15.3 Å². The lowest BCUT2D eigenvalue weighted by atomic mass is 9.98. The third-order valence-corrected chi connectivity index (χ3v) is 4.67. The Morgan fingerprint density at radius 3 is 2.39 bits per heavy atom. The van der Waals surface area contributed by atoms with E-state index in [1.807, 2.05) is 0 Å². The van der Waals surface area contributed by atoms with Crippen LogP contribution in [0.5, 0.6) is 0 Å². The second-order valence-electron chi connectivity index (χ2n) is 6.57. The molecule has 0 bridgehead atoms. The standard InChI is InChI=1S/C16H32N2/c1-4-10-17-16(13(3)5-2)12-18(15-8-9-15)11-14-6-7-14/h13-17H,4-12H2,1-3H3. The Kier molecular flexibility index (Phi) is 5.50. The van der Waals surface area contributed by atoms with Gasteiger partial charge in [-0.25, -0.2) is 0 Å². The molecule has 0 aromatic heterocycles. The largest absolute Gasteiger partial charge is 0.312 e. The summed E-state index contributed by atoms with van der Waals surface area (Å²) in [6.45, 7) is 10.9. The molecule has 0 aromatic rings. The van der Waals surface area contributed by atoms with Crippen molar-refractivity contribution in [1.29, 1.82) is 0 Å². The molecule has 2 heteroatoms. The maximum absolute atomic E-state index is 3.79. The molecule has 0 spiro atoms. The van der Waals surface area contributed by atoms with Crippen molar-refractivity contribution >= 4 is 0 Å². The van der Waals surface area contributed by atoms with Gasteiger partial charge in [-0.15, -0.1) is 0 Å². The average Bonchev–Trinajstić information content (AvgIpc) is 3.24. The van der Waals surface area contributed by atoms with Crippen LogP contribution in [-0.2, 0) is 0 Å². The van der Waals surface area contributed by atoms with E-state index in [9.17, 15) is 0 Å². The number of hydrogen-bond acceptors (Lipinski definition) is 2. The van der Waals surface area contributed by atoms with Gasteiger partial charge in [-0.1, -0.05) is 27.2 Å². The zero-order chi connectivity index (χ0) is 13.0. The predicted octanol–water partition coefficient (Wildman–Crippen LogP) is 3.28. The Labute approximate surface area is 114 Å². The lowest BCUT2D eigenvalue weighted by molar-refractivity contribution is 0.196. The Morgan fingerprint density at radius 1 is 1.17 bits per heavy atom. The molecule has 2 aliphatic carbocycles. The summed E-state index contributed by atoms with van der Waals surface area (Å²) < 4.78 is 0. The smallest absolute Gasteiger partial charge is 0.0220 e. The van der Waals surface area contributed by atoms with E-state index in [0.29, 0.717) is 6.04 Å². The third kappa shape index (κ3) is 4.55. The number of nitrogens with one attached hydrogen (secondary N) is 1. The maximum Gasteiger partial charge on any atom is 0.0220 e. The molecule has 2 rings (SSSR count). The molecule has 2 saturated carbocycles. The van der Waals surface area contributed by atoms with Crippen LogP contribution in [-0.4, -0.2) is 36.6 Å². The molecule has 0 heterocycles. The van der Waals surface area contributed by atoms with E-state index in [1.165, 1.54) is 58.2 Å². The summed E-state index contributed by atoms with van der Waals surface area (Å²) in [5.41, 5.74) is 0. The van der Waals surface area contributed by atoms with Gasteiger partial charge in [-0.05, 0) is 50.5 Å². The van der Waals surface area contributed by atoms with Gasteiger partial charge in [0.15, 0.2) is 0 Å². The van der Waals surface area contributed by atoms with Crippen molar-refractivity contribution in [3.8, 4) is 0 Å². The first-order chi connectivity index (χ1) is 8.74. The van der Waals surface area contributed by atoms with Gasteiger partial charge >= 0.3 is 0 Å². The van der Waals surface area contributed by atoms with Crippen molar-refractivity contribution in [1.82, 2.24) is 10.2 Å². The minimum atomic E-state index is 0.703. The molecule has 2 aliphatic rings. The first-order valence-electron chi connectivity index (χ1n) is 8.22. The molecule has 0 saturated heterocycles. The molecule has 18 heavy (non-hydrogen) atoms. The van der Waals surface area contributed by atoms with Crippen molar-refractivity contribution < 1.29 is 0 Å². The zero-order valence-electron chi connectivity index (χ0n) is 12.6. The summed E-state index contributed by atoms with van der Waals surface area (Å²) in [6.07, 6.45) is 8.42. The fourth-order valence-corrected chi connectivity index (χ4v) is 2.76. The summed E-state index contributed by atoms with van der Waals surface area (Å²) in [7, 11) is 0. The number of rotatable bonds is 10. The van der Waals surface area contributed by atoms with E-state index >= 15 is 0 Å². The van der Waals surface area contributed by atoms with E-state index in [1.54, 1.807) is 0 Å². The highest BCUT2D eigenvalue weighted by molar-refractivity contribution is 4.91. The van der Waals surface area contributed by atoms with Crippen LogP contribution in [0.25, 0.3) is 0 Å². The van der Waals surface area contributed by atoms with E-state index in [2.05, 4.69) is 31.0 Å². The maximum atomic E-state index is 3.79. The molecular weight excluding hydrogens is 220 g/mol. The number of hydrogen-bond donors (Lipinski definition) is 1. The average molecular weight is 252 g/mol. The van der Waals surface area contributed by atoms with Gasteiger partial charge in [0.25, 0.3) is 0 Å². The lowest BCUT2D eigenvalue weighted by Crippen LogP contribution is -2.46. The molecule has 0 radical (unpaired) electrons. The molecule has 2 unspecified atom stereocenters. The first kappa shape index (κ1) is 14.3. The lowest BCUT2D eigenvalue weighted by Gasteiger charge is -2.31. The van der Waals surface area contributed by atoms with Gasteiger partial charge < -0.3 is 5.32 Å². The van der Waals surface area contributed by atoms with Gasteiger partial charge in [0, 0.05) is 25.2 Å². The molecule has 0 amide bonds.